The van der Waals surface area contributed by atoms with E-state index in [1.54, 1.807) is 6.26 Å². The van der Waals surface area contributed by atoms with E-state index in [0.29, 0.717) is 6.42 Å². The topological polar surface area (TPSA) is 66.3 Å². The summed E-state index contributed by atoms with van der Waals surface area (Å²) in [6.45, 7) is 0. The first-order chi connectivity index (χ1) is 8.79. The zero-order valence-electron chi connectivity index (χ0n) is 9.49. The Kier molecular flexibility index (Phi) is 1.75. The first-order valence-corrected chi connectivity index (χ1v) is 5.83. The van der Waals surface area contributed by atoms with E-state index in [-0.39, 0.29) is 12.1 Å². The van der Waals surface area contributed by atoms with Crippen molar-refractivity contribution in [1.29, 1.82) is 0 Å². The van der Waals surface area contributed by atoms with Crippen LogP contribution >= 0.6 is 0 Å². The van der Waals surface area contributed by atoms with Crippen LogP contribution in [0.1, 0.15) is 17.5 Å². The number of rotatable bonds is 1. The van der Waals surface area contributed by atoms with Crippen LogP contribution in [0.2, 0.25) is 0 Å². The normalized spacial score (nSPS) is 19.8. The summed E-state index contributed by atoms with van der Waals surface area (Å²) in [5.41, 5.74) is 3.92. The lowest BCUT2D eigenvalue weighted by Crippen LogP contribution is -2.10. The molecule has 5 heteroatoms. The van der Waals surface area contributed by atoms with Gasteiger partial charge >= 0.3 is 0 Å². The molecule has 0 bridgehead atoms. The van der Waals surface area contributed by atoms with Gasteiger partial charge in [-0.1, -0.05) is 0 Å². The molecule has 2 aliphatic rings. The summed E-state index contributed by atoms with van der Waals surface area (Å²) >= 11 is 0. The van der Waals surface area contributed by atoms with Gasteiger partial charge in [0.05, 0.1) is 24.1 Å². The van der Waals surface area contributed by atoms with Gasteiger partial charge in [0.2, 0.25) is 5.91 Å². The molecule has 1 atom stereocenters. The van der Waals surface area contributed by atoms with Crippen LogP contribution in [0.15, 0.2) is 34.9 Å². The van der Waals surface area contributed by atoms with E-state index < -0.39 is 0 Å². The van der Waals surface area contributed by atoms with Gasteiger partial charge in [0.25, 0.3) is 0 Å². The maximum absolute atomic E-state index is 11.3. The van der Waals surface area contributed by atoms with Crippen LogP contribution in [0.3, 0.4) is 0 Å². The third kappa shape index (κ3) is 1.30. The van der Waals surface area contributed by atoms with Crippen LogP contribution in [-0.2, 0) is 11.2 Å². The Morgan fingerprint density at radius 2 is 2.00 bits per heavy atom. The number of hydrogen-bond acceptors (Lipinski definition) is 4. The van der Waals surface area contributed by atoms with E-state index in [0.717, 1.165) is 28.4 Å². The summed E-state index contributed by atoms with van der Waals surface area (Å²) in [7, 11) is 0. The Hall–Kier alpha value is -2.43. The minimum atomic E-state index is -0.0479. The Labute approximate surface area is 103 Å². The first kappa shape index (κ1) is 9.58. The fourth-order valence-electron chi connectivity index (χ4n) is 2.46. The summed E-state index contributed by atoms with van der Waals surface area (Å²) in [6, 6.07) is 7.76. The molecule has 90 valence electrons. The van der Waals surface area contributed by atoms with Gasteiger partial charge in [-0.2, -0.15) is 0 Å². The zero-order valence-corrected chi connectivity index (χ0v) is 9.49. The number of carbonyl (C=O) groups excluding carboxylic acids is 1. The van der Waals surface area contributed by atoms with Gasteiger partial charge in [-0.05, 0) is 29.8 Å². The molecule has 2 aromatic rings. The molecule has 3 N–H and O–H groups in total. The second-order valence-corrected chi connectivity index (χ2v) is 4.52. The average Bonchev–Trinajstić information content (AvgIpc) is 3.02. The molecular formula is C13H11N3O2. The second-order valence-electron chi connectivity index (χ2n) is 4.52. The lowest BCUT2D eigenvalue weighted by molar-refractivity contribution is -0.115. The van der Waals surface area contributed by atoms with Gasteiger partial charge in [-0.3, -0.25) is 4.79 Å². The third-order valence-electron chi connectivity index (χ3n) is 3.30. The highest BCUT2D eigenvalue weighted by Crippen LogP contribution is 2.40. The molecular weight excluding hydrogens is 230 g/mol. The van der Waals surface area contributed by atoms with Gasteiger partial charge < -0.3 is 20.4 Å². The maximum Gasteiger partial charge on any atom is 0.228 e. The predicted molar refractivity (Wildman–Crippen MR) is 67.5 cm³/mol. The van der Waals surface area contributed by atoms with Crippen LogP contribution in [0.5, 0.6) is 0 Å². The first-order valence-electron chi connectivity index (χ1n) is 5.83. The molecule has 5 nitrogen and oxygen atoms in total. The van der Waals surface area contributed by atoms with Crippen molar-refractivity contribution in [3.05, 3.63) is 41.9 Å². The summed E-state index contributed by atoms with van der Waals surface area (Å²) in [4.78, 5) is 11.3. The molecule has 1 amide bonds. The summed E-state index contributed by atoms with van der Waals surface area (Å²) in [5.74, 6) is 0.895. The summed E-state index contributed by atoms with van der Waals surface area (Å²) in [6.07, 6.45) is 2.06. The number of hydrogen-bond donors (Lipinski definition) is 3. The number of nitrogens with one attached hydrogen (secondary N) is 3. The highest BCUT2D eigenvalue weighted by Gasteiger charge is 2.27. The zero-order chi connectivity index (χ0) is 12.1. The molecule has 0 saturated heterocycles. The molecule has 0 fully saturated rings. The molecule has 0 spiro atoms. The number of benzene rings is 1. The van der Waals surface area contributed by atoms with Crippen LogP contribution < -0.4 is 16.0 Å². The van der Waals surface area contributed by atoms with Crippen molar-refractivity contribution in [2.24, 2.45) is 0 Å². The van der Waals surface area contributed by atoms with E-state index in [1.807, 2.05) is 24.3 Å². The highest BCUT2D eigenvalue weighted by molar-refractivity contribution is 6.01. The van der Waals surface area contributed by atoms with E-state index in [4.69, 9.17) is 4.42 Å². The number of amides is 1. The fraction of sp³-hybridized carbons (Fsp3) is 0.154. The molecule has 18 heavy (non-hydrogen) atoms. The minimum Gasteiger partial charge on any atom is -0.465 e. The number of fused-ring (bicyclic) bond motifs is 2. The SMILES string of the molecule is O=C1Cc2cc3c(cc2N1)NC(c1ccco1)N3. The molecule has 0 aliphatic carbocycles. The number of anilines is 3. The maximum atomic E-state index is 11.3. The molecule has 4 rings (SSSR count). The standard InChI is InChI=1S/C13H11N3O2/c17-12-5-7-4-9-10(6-8(7)14-12)16-13(15-9)11-2-1-3-18-11/h1-4,6,13,15-16H,5H2,(H,14,17). The Morgan fingerprint density at radius 1 is 1.17 bits per heavy atom. The number of furan rings is 1. The number of carbonyl (C=O) groups is 1. The quantitative estimate of drug-likeness (QED) is 0.716. The van der Waals surface area contributed by atoms with Crippen LogP contribution in [0.4, 0.5) is 17.1 Å². The van der Waals surface area contributed by atoms with Crippen LogP contribution in [-0.4, -0.2) is 5.91 Å². The highest BCUT2D eigenvalue weighted by atomic mass is 16.3. The van der Waals surface area contributed by atoms with Crippen molar-refractivity contribution in [3.63, 3.8) is 0 Å². The molecule has 1 aromatic carbocycles. The van der Waals surface area contributed by atoms with Crippen molar-refractivity contribution in [3.8, 4) is 0 Å². The van der Waals surface area contributed by atoms with Crippen molar-refractivity contribution >= 4 is 23.0 Å². The van der Waals surface area contributed by atoms with Gasteiger partial charge in [0.1, 0.15) is 5.76 Å². The van der Waals surface area contributed by atoms with Crippen LogP contribution in [0, 0.1) is 0 Å². The van der Waals surface area contributed by atoms with E-state index in [9.17, 15) is 4.79 Å². The average molecular weight is 241 g/mol. The van der Waals surface area contributed by atoms with Crippen molar-refractivity contribution < 1.29 is 9.21 Å². The Bertz CT molecular complexity index is 597. The van der Waals surface area contributed by atoms with Crippen molar-refractivity contribution in [2.75, 3.05) is 16.0 Å². The van der Waals surface area contributed by atoms with Gasteiger partial charge in [0.15, 0.2) is 6.17 Å². The lowest BCUT2D eigenvalue weighted by Gasteiger charge is -2.08. The Balaban J connectivity index is 1.69. The van der Waals surface area contributed by atoms with Crippen molar-refractivity contribution in [1.82, 2.24) is 0 Å². The molecule has 0 saturated carbocycles. The molecule has 1 aromatic heterocycles. The molecule has 3 heterocycles. The van der Waals surface area contributed by atoms with Crippen molar-refractivity contribution in [2.45, 2.75) is 12.6 Å². The van der Waals surface area contributed by atoms with Gasteiger partial charge in [0, 0.05) is 5.69 Å². The van der Waals surface area contributed by atoms with Crippen LogP contribution in [0.25, 0.3) is 0 Å². The molecule has 0 radical (unpaired) electrons. The lowest BCUT2D eigenvalue weighted by atomic mass is 10.1. The summed E-state index contributed by atoms with van der Waals surface area (Å²) < 4.78 is 5.37. The predicted octanol–water partition coefficient (Wildman–Crippen LogP) is 2.31. The minimum absolute atomic E-state index is 0.0479. The fourth-order valence-corrected chi connectivity index (χ4v) is 2.46. The Morgan fingerprint density at radius 3 is 2.78 bits per heavy atom. The van der Waals surface area contributed by atoms with E-state index in [1.165, 1.54) is 0 Å². The molecule has 1 unspecified atom stereocenters. The largest absolute Gasteiger partial charge is 0.465 e. The van der Waals surface area contributed by atoms with E-state index >= 15 is 0 Å². The third-order valence-corrected chi connectivity index (χ3v) is 3.30. The van der Waals surface area contributed by atoms with Gasteiger partial charge in [-0.25, -0.2) is 0 Å². The van der Waals surface area contributed by atoms with E-state index in [2.05, 4.69) is 16.0 Å². The second kappa shape index (κ2) is 3.29. The summed E-state index contributed by atoms with van der Waals surface area (Å²) in [5, 5.41) is 9.51. The van der Waals surface area contributed by atoms with Gasteiger partial charge in [-0.15, -0.1) is 0 Å². The molecule has 2 aliphatic heterocycles. The smallest absolute Gasteiger partial charge is 0.228 e. The monoisotopic (exact) mass is 241 g/mol.